The van der Waals surface area contributed by atoms with Crippen molar-refractivity contribution in [1.82, 2.24) is 9.88 Å². The monoisotopic (exact) mass is 252 g/mol. The SMILES string of the molecule is CN(C)Cc1cc2cc(Br)ccc2[nH]1. The number of benzene rings is 1. The third-order valence-electron chi connectivity index (χ3n) is 2.13. The lowest BCUT2D eigenvalue weighted by atomic mass is 10.2. The average molecular weight is 253 g/mol. The molecule has 0 amide bonds. The summed E-state index contributed by atoms with van der Waals surface area (Å²) < 4.78 is 1.13. The van der Waals surface area contributed by atoms with Crippen LogP contribution in [-0.4, -0.2) is 24.0 Å². The third kappa shape index (κ3) is 1.99. The average Bonchev–Trinajstić information content (AvgIpc) is 2.44. The van der Waals surface area contributed by atoms with Crippen LogP contribution in [0.25, 0.3) is 10.9 Å². The Balaban J connectivity index is 2.41. The molecule has 0 aliphatic carbocycles. The second-order valence-corrected chi connectivity index (χ2v) is 4.68. The van der Waals surface area contributed by atoms with E-state index in [-0.39, 0.29) is 0 Å². The molecule has 74 valence electrons. The van der Waals surface area contributed by atoms with Gasteiger partial charge in [-0.15, -0.1) is 0 Å². The summed E-state index contributed by atoms with van der Waals surface area (Å²) in [5, 5.41) is 1.26. The van der Waals surface area contributed by atoms with Gasteiger partial charge in [-0.2, -0.15) is 0 Å². The Morgan fingerprint density at radius 3 is 2.79 bits per heavy atom. The molecule has 0 bridgehead atoms. The van der Waals surface area contributed by atoms with Gasteiger partial charge in [0, 0.05) is 27.6 Å². The van der Waals surface area contributed by atoms with Gasteiger partial charge in [0.25, 0.3) is 0 Å². The Bertz CT molecular complexity index is 445. The van der Waals surface area contributed by atoms with Gasteiger partial charge >= 0.3 is 0 Å². The number of aromatic amines is 1. The largest absolute Gasteiger partial charge is 0.357 e. The zero-order chi connectivity index (χ0) is 10.1. The Morgan fingerprint density at radius 2 is 2.07 bits per heavy atom. The fourth-order valence-electron chi connectivity index (χ4n) is 1.59. The standard InChI is InChI=1S/C11H13BrN2/c1-14(2)7-10-6-8-5-9(12)3-4-11(8)13-10/h3-6,13H,7H2,1-2H3. The minimum absolute atomic E-state index is 0.951. The summed E-state index contributed by atoms with van der Waals surface area (Å²) >= 11 is 3.47. The van der Waals surface area contributed by atoms with Crippen molar-refractivity contribution < 1.29 is 0 Å². The number of nitrogens with one attached hydrogen (secondary N) is 1. The van der Waals surface area contributed by atoms with Crippen LogP contribution >= 0.6 is 15.9 Å². The molecule has 0 spiro atoms. The van der Waals surface area contributed by atoms with Crippen molar-refractivity contribution >= 4 is 26.8 Å². The van der Waals surface area contributed by atoms with Gasteiger partial charge in [-0.25, -0.2) is 0 Å². The molecule has 0 radical (unpaired) electrons. The number of nitrogens with zero attached hydrogens (tertiary/aromatic N) is 1. The van der Waals surface area contributed by atoms with Gasteiger partial charge in [0.15, 0.2) is 0 Å². The smallest absolute Gasteiger partial charge is 0.0457 e. The first-order chi connectivity index (χ1) is 6.65. The molecule has 2 aromatic rings. The molecule has 0 saturated carbocycles. The molecule has 0 aliphatic rings. The van der Waals surface area contributed by atoms with Gasteiger partial charge in [0.2, 0.25) is 0 Å². The second kappa shape index (κ2) is 3.75. The Labute approximate surface area is 92.0 Å². The predicted molar refractivity (Wildman–Crippen MR) is 63.4 cm³/mol. The number of hydrogen-bond acceptors (Lipinski definition) is 1. The van der Waals surface area contributed by atoms with E-state index in [9.17, 15) is 0 Å². The van der Waals surface area contributed by atoms with Crippen molar-refractivity contribution in [2.45, 2.75) is 6.54 Å². The van der Waals surface area contributed by atoms with Gasteiger partial charge < -0.3 is 9.88 Å². The summed E-state index contributed by atoms with van der Waals surface area (Å²) in [6.07, 6.45) is 0. The van der Waals surface area contributed by atoms with Gasteiger partial charge in [-0.1, -0.05) is 15.9 Å². The fraction of sp³-hybridized carbons (Fsp3) is 0.273. The first-order valence-corrected chi connectivity index (χ1v) is 5.36. The lowest BCUT2D eigenvalue weighted by Crippen LogP contribution is -2.10. The van der Waals surface area contributed by atoms with Crippen LogP contribution in [0.4, 0.5) is 0 Å². The second-order valence-electron chi connectivity index (χ2n) is 3.76. The van der Waals surface area contributed by atoms with E-state index in [2.05, 4.69) is 64.2 Å². The van der Waals surface area contributed by atoms with Gasteiger partial charge in [-0.05, 0) is 38.4 Å². The van der Waals surface area contributed by atoms with Crippen LogP contribution in [0.2, 0.25) is 0 Å². The van der Waals surface area contributed by atoms with E-state index in [1.807, 2.05) is 0 Å². The molecule has 1 N–H and O–H groups in total. The summed E-state index contributed by atoms with van der Waals surface area (Å²) in [7, 11) is 4.14. The Morgan fingerprint density at radius 1 is 1.29 bits per heavy atom. The molecule has 0 unspecified atom stereocenters. The molecule has 2 rings (SSSR count). The molecule has 0 fully saturated rings. The number of fused-ring (bicyclic) bond motifs is 1. The topological polar surface area (TPSA) is 19.0 Å². The summed E-state index contributed by atoms with van der Waals surface area (Å²) in [5.74, 6) is 0. The van der Waals surface area contributed by atoms with E-state index >= 15 is 0 Å². The van der Waals surface area contributed by atoms with Gasteiger partial charge in [-0.3, -0.25) is 0 Å². The minimum Gasteiger partial charge on any atom is -0.357 e. The first-order valence-electron chi connectivity index (χ1n) is 4.57. The maximum Gasteiger partial charge on any atom is 0.0457 e. The highest BCUT2D eigenvalue weighted by Gasteiger charge is 2.01. The van der Waals surface area contributed by atoms with Crippen molar-refractivity contribution in [1.29, 1.82) is 0 Å². The molecule has 0 aliphatic heterocycles. The highest BCUT2D eigenvalue weighted by atomic mass is 79.9. The van der Waals surface area contributed by atoms with Crippen LogP contribution in [0.3, 0.4) is 0 Å². The van der Waals surface area contributed by atoms with Crippen molar-refractivity contribution in [3.05, 3.63) is 34.4 Å². The molecule has 0 saturated heterocycles. The van der Waals surface area contributed by atoms with Gasteiger partial charge in [0.05, 0.1) is 0 Å². The van der Waals surface area contributed by atoms with Crippen LogP contribution < -0.4 is 0 Å². The molecular formula is C11H13BrN2. The minimum atomic E-state index is 0.951. The molecular weight excluding hydrogens is 240 g/mol. The summed E-state index contributed by atoms with van der Waals surface area (Å²) in [4.78, 5) is 5.54. The summed E-state index contributed by atoms with van der Waals surface area (Å²) in [6, 6.07) is 8.47. The molecule has 14 heavy (non-hydrogen) atoms. The number of H-pyrrole nitrogens is 1. The molecule has 1 aromatic heterocycles. The lowest BCUT2D eigenvalue weighted by molar-refractivity contribution is 0.398. The van der Waals surface area contributed by atoms with Crippen LogP contribution in [0.5, 0.6) is 0 Å². The quantitative estimate of drug-likeness (QED) is 0.871. The molecule has 2 nitrogen and oxygen atoms in total. The van der Waals surface area contributed by atoms with E-state index in [0.29, 0.717) is 0 Å². The van der Waals surface area contributed by atoms with E-state index in [0.717, 1.165) is 11.0 Å². The maximum absolute atomic E-state index is 3.47. The predicted octanol–water partition coefficient (Wildman–Crippen LogP) is 2.99. The lowest BCUT2D eigenvalue weighted by Gasteiger charge is -2.06. The van der Waals surface area contributed by atoms with Crippen molar-refractivity contribution in [2.24, 2.45) is 0 Å². The maximum atomic E-state index is 3.47. The van der Waals surface area contributed by atoms with Crippen LogP contribution in [-0.2, 0) is 6.54 Å². The summed E-state index contributed by atoms with van der Waals surface area (Å²) in [5.41, 5.74) is 2.45. The van der Waals surface area contributed by atoms with E-state index in [4.69, 9.17) is 0 Å². The highest BCUT2D eigenvalue weighted by Crippen LogP contribution is 2.20. The molecule has 1 heterocycles. The van der Waals surface area contributed by atoms with Crippen LogP contribution in [0, 0.1) is 0 Å². The van der Waals surface area contributed by atoms with E-state index in [1.165, 1.54) is 16.6 Å². The van der Waals surface area contributed by atoms with Crippen molar-refractivity contribution in [3.63, 3.8) is 0 Å². The fourth-order valence-corrected chi connectivity index (χ4v) is 1.97. The van der Waals surface area contributed by atoms with Crippen LogP contribution in [0.1, 0.15) is 5.69 Å². The highest BCUT2D eigenvalue weighted by molar-refractivity contribution is 9.10. The Hall–Kier alpha value is -0.800. The van der Waals surface area contributed by atoms with E-state index < -0.39 is 0 Å². The Kier molecular flexibility index (Phi) is 2.61. The summed E-state index contributed by atoms with van der Waals surface area (Å²) in [6.45, 7) is 0.951. The van der Waals surface area contributed by atoms with Crippen molar-refractivity contribution in [3.8, 4) is 0 Å². The first kappa shape index (κ1) is 9.74. The molecule has 0 atom stereocenters. The zero-order valence-electron chi connectivity index (χ0n) is 8.34. The van der Waals surface area contributed by atoms with Crippen LogP contribution in [0.15, 0.2) is 28.7 Å². The number of rotatable bonds is 2. The number of halogens is 1. The third-order valence-corrected chi connectivity index (χ3v) is 2.62. The zero-order valence-corrected chi connectivity index (χ0v) is 9.93. The van der Waals surface area contributed by atoms with E-state index in [1.54, 1.807) is 0 Å². The van der Waals surface area contributed by atoms with Gasteiger partial charge in [0.1, 0.15) is 0 Å². The van der Waals surface area contributed by atoms with Crippen molar-refractivity contribution in [2.75, 3.05) is 14.1 Å². The number of aromatic nitrogens is 1. The number of hydrogen-bond donors (Lipinski definition) is 1. The molecule has 1 aromatic carbocycles. The normalized spacial score (nSPS) is 11.4. The molecule has 3 heteroatoms.